The van der Waals surface area contributed by atoms with Gasteiger partial charge >= 0.3 is 12.1 Å². The van der Waals surface area contributed by atoms with Crippen LogP contribution in [0.1, 0.15) is 23.2 Å². The molecule has 140 valence electrons. The molecule has 3 aliphatic rings. The molecule has 0 radical (unpaired) electrons. The highest BCUT2D eigenvalue weighted by Gasteiger charge is 2.43. The van der Waals surface area contributed by atoms with Gasteiger partial charge in [-0.15, -0.1) is 0 Å². The van der Waals surface area contributed by atoms with Crippen LogP contribution in [0.4, 0.5) is 13.2 Å². The lowest BCUT2D eigenvalue weighted by Gasteiger charge is -2.25. The minimum absolute atomic E-state index is 0.133. The number of carboxylic acid groups (broad SMARTS) is 1. The van der Waals surface area contributed by atoms with Crippen LogP contribution in [0.25, 0.3) is 11.0 Å². The molecule has 2 aromatic heterocycles. The Hall–Kier alpha value is -2.13. The molecule has 0 unspecified atom stereocenters. The van der Waals surface area contributed by atoms with E-state index in [9.17, 15) is 18.0 Å². The Kier molecular flexibility index (Phi) is 4.94. The Labute approximate surface area is 150 Å². The van der Waals surface area contributed by atoms with E-state index in [4.69, 9.17) is 21.5 Å². The second-order valence-corrected chi connectivity index (χ2v) is 6.77. The number of aromatic nitrogens is 2. The van der Waals surface area contributed by atoms with Gasteiger partial charge in [0.15, 0.2) is 5.78 Å². The zero-order valence-corrected chi connectivity index (χ0v) is 14.1. The molecule has 1 saturated carbocycles. The maximum Gasteiger partial charge on any atom is 0.490 e. The molecule has 3 fully saturated rings. The molecule has 2 N–H and O–H groups in total. The molecular formula is C16H15ClF3N3O3. The number of aliphatic carboxylic acids is 1. The summed E-state index contributed by atoms with van der Waals surface area (Å²) in [6, 6.07) is 2.36. The van der Waals surface area contributed by atoms with E-state index in [1.165, 1.54) is 12.8 Å². The third-order valence-electron chi connectivity index (χ3n) is 4.63. The van der Waals surface area contributed by atoms with Crippen molar-refractivity contribution in [1.82, 2.24) is 14.9 Å². The summed E-state index contributed by atoms with van der Waals surface area (Å²) in [5.41, 5.74) is 1.35. The highest BCUT2D eigenvalue weighted by atomic mass is 35.5. The number of rotatable bonds is 3. The second-order valence-electron chi connectivity index (χ2n) is 6.37. The Morgan fingerprint density at radius 3 is 2.58 bits per heavy atom. The lowest BCUT2D eigenvalue weighted by Crippen LogP contribution is -2.33. The van der Waals surface area contributed by atoms with Crippen molar-refractivity contribution < 1.29 is 27.9 Å². The Morgan fingerprint density at radius 1 is 1.38 bits per heavy atom. The Bertz CT molecular complexity index is 846. The number of carbonyl (C=O) groups excluding carboxylic acids is 1. The van der Waals surface area contributed by atoms with Gasteiger partial charge in [-0.05, 0) is 24.8 Å². The SMILES string of the molecule is O=C(CN1CC2CC1C2)c1c[nH]c2nccc(Cl)c12.O=C(O)C(F)(F)F. The molecule has 10 heteroatoms. The van der Waals surface area contributed by atoms with Gasteiger partial charge in [-0.2, -0.15) is 13.2 Å². The number of carboxylic acids is 1. The van der Waals surface area contributed by atoms with Crippen molar-refractivity contribution in [2.24, 2.45) is 5.92 Å². The summed E-state index contributed by atoms with van der Waals surface area (Å²) < 4.78 is 31.7. The summed E-state index contributed by atoms with van der Waals surface area (Å²) in [5.74, 6) is -1.80. The molecule has 0 atom stereocenters. The number of H-pyrrole nitrogens is 1. The zero-order chi connectivity index (χ0) is 19.1. The van der Waals surface area contributed by atoms with E-state index in [1.54, 1.807) is 18.5 Å². The van der Waals surface area contributed by atoms with Crippen LogP contribution in [-0.4, -0.2) is 57.0 Å². The van der Waals surface area contributed by atoms with Crippen LogP contribution < -0.4 is 0 Å². The molecule has 2 aliphatic heterocycles. The van der Waals surface area contributed by atoms with Crippen LogP contribution in [0.3, 0.4) is 0 Å². The fraction of sp³-hybridized carbons (Fsp3) is 0.438. The summed E-state index contributed by atoms with van der Waals surface area (Å²) in [5, 5.41) is 8.46. The number of nitrogens with one attached hydrogen (secondary N) is 1. The number of nitrogens with zero attached hydrogens (tertiary/aromatic N) is 2. The number of alkyl halides is 3. The summed E-state index contributed by atoms with van der Waals surface area (Å²) >= 11 is 6.18. The molecule has 4 heterocycles. The first-order chi connectivity index (χ1) is 12.2. The number of hydrogen-bond acceptors (Lipinski definition) is 4. The molecule has 26 heavy (non-hydrogen) atoms. The van der Waals surface area contributed by atoms with Gasteiger partial charge in [0.1, 0.15) is 5.65 Å². The summed E-state index contributed by atoms with van der Waals surface area (Å²) in [6.45, 7) is 1.57. The van der Waals surface area contributed by atoms with Crippen molar-refractivity contribution in [2.45, 2.75) is 25.1 Å². The maximum absolute atomic E-state index is 12.4. The van der Waals surface area contributed by atoms with Crippen LogP contribution in [0, 0.1) is 5.92 Å². The topological polar surface area (TPSA) is 86.3 Å². The van der Waals surface area contributed by atoms with Crippen LogP contribution in [-0.2, 0) is 4.79 Å². The highest BCUT2D eigenvalue weighted by molar-refractivity contribution is 6.36. The number of pyridine rings is 1. The predicted molar refractivity (Wildman–Crippen MR) is 87.2 cm³/mol. The largest absolute Gasteiger partial charge is 0.490 e. The Morgan fingerprint density at radius 2 is 2.04 bits per heavy atom. The van der Waals surface area contributed by atoms with E-state index in [2.05, 4.69) is 14.9 Å². The molecule has 6 nitrogen and oxygen atoms in total. The molecular weight excluding hydrogens is 375 g/mol. The first-order valence-electron chi connectivity index (χ1n) is 7.85. The smallest absolute Gasteiger partial charge is 0.475 e. The molecule has 0 spiro atoms. The lowest BCUT2D eigenvalue weighted by molar-refractivity contribution is -0.192. The first kappa shape index (κ1) is 18.7. The molecule has 0 aromatic carbocycles. The van der Waals surface area contributed by atoms with Gasteiger partial charge in [-0.25, -0.2) is 9.78 Å². The van der Waals surface area contributed by atoms with E-state index < -0.39 is 12.1 Å². The van der Waals surface area contributed by atoms with Crippen molar-refractivity contribution in [1.29, 1.82) is 0 Å². The van der Waals surface area contributed by atoms with Crippen LogP contribution in [0.15, 0.2) is 18.5 Å². The van der Waals surface area contributed by atoms with E-state index in [-0.39, 0.29) is 5.78 Å². The van der Waals surface area contributed by atoms with Crippen molar-refractivity contribution in [3.8, 4) is 0 Å². The van der Waals surface area contributed by atoms with Gasteiger partial charge in [-0.3, -0.25) is 9.69 Å². The molecule has 2 aromatic rings. The van der Waals surface area contributed by atoms with Gasteiger partial charge < -0.3 is 10.1 Å². The molecule has 5 rings (SSSR count). The number of carbonyl (C=O) groups is 2. The molecule has 1 aliphatic carbocycles. The third kappa shape index (κ3) is 3.68. The van der Waals surface area contributed by atoms with Crippen molar-refractivity contribution in [3.05, 3.63) is 29.0 Å². The number of hydrogen-bond donors (Lipinski definition) is 2. The minimum atomic E-state index is -5.08. The summed E-state index contributed by atoms with van der Waals surface area (Å²) in [7, 11) is 0. The summed E-state index contributed by atoms with van der Waals surface area (Å²) in [6.07, 6.45) is 0.823. The van der Waals surface area contributed by atoms with Crippen molar-refractivity contribution in [2.75, 3.05) is 13.1 Å². The van der Waals surface area contributed by atoms with E-state index in [0.29, 0.717) is 28.8 Å². The predicted octanol–water partition coefficient (Wildman–Crippen LogP) is 3.13. The first-order valence-corrected chi connectivity index (χ1v) is 8.23. The highest BCUT2D eigenvalue weighted by Crippen LogP contribution is 2.40. The number of halogens is 4. The average Bonchev–Trinajstić information content (AvgIpc) is 3.19. The average molecular weight is 390 g/mol. The van der Waals surface area contributed by atoms with E-state index in [0.717, 1.165) is 17.8 Å². The normalized spacial score (nSPS) is 21.8. The van der Waals surface area contributed by atoms with Crippen molar-refractivity contribution >= 4 is 34.4 Å². The van der Waals surface area contributed by atoms with Gasteiger partial charge in [0, 0.05) is 35.9 Å². The van der Waals surface area contributed by atoms with Crippen LogP contribution in [0.5, 0.6) is 0 Å². The second kappa shape index (κ2) is 6.88. The lowest BCUT2D eigenvalue weighted by atomic mass is 9.86. The van der Waals surface area contributed by atoms with E-state index >= 15 is 0 Å². The fourth-order valence-electron chi connectivity index (χ4n) is 3.33. The minimum Gasteiger partial charge on any atom is -0.475 e. The van der Waals surface area contributed by atoms with Gasteiger partial charge in [0.25, 0.3) is 0 Å². The summed E-state index contributed by atoms with van der Waals surface area (Å²) in [4.78, 5) is 30.9. The number of aromatic amines is 1. The number of fused-ring (bicyclic) bond motifs is 2. The standard InChI is InChI=1S/C14H14ClN3O.C2HF3O2/c15-11-1-2-16-14-13(11)10(5-17-14)12(19)7-18-6-8-3-9(18)4-8;3-2(4,5)1(6)7/h1-2,5,8-9H,3-4,6-7H2,(H,16,17);(H,6,7). The maximum atomic E-state index is 12.4. The van der Waals surface area contributed by atoms with Crippen molar-refractivity contribution in [3.63, 3.8) is 0 Å². The zero-order valence-electron chi connectivity index (χ0n) is 13.4. The number of Topliss-reactive ketones (excluding diaryl/α,β-unsaturated/α-hetero) is 1. The van der Waals surface area contributed by atoms with Gasteiger partial charge in [0.05, 0.1) is 11.6 Å². The van der Waals surface area contributed by atoms with Gasteiger partial charge in [0.2, 0.25) is 0 Å². The van der Waals surface area contributed by atoms with Crippen LogP contribution >= 0.6 is 11.6 Å². The van der Waals surface area contributed by atoms with E-state index in [1.807, 2.05) is 0 Å². The quantitative estimate of drug-likeness (QED) is 0.788. The monoisotopic (exact) mass is 389 g/mol. The van der Waals surface area contributed by atoms with Crippen LogP contribution in [0.2, 0.25) is 5.02 Å². The molecule has 2 saturated heterocycles. The molecule has 0 amide bonds. The fourth-order valence-corrected chi connectivity index (χ4v) is 3.58. The van der Waals surface area contributed by atoms with Gasteiger partial charge in [-0.1, -0.05) is 11.6 Å². The third-order valence-corrected chi connectivity index (χ3v) is 4.95. The molecule has 2 bridgehead atoms. The number of ketones is 1. The Balaban J connectivity index is 0.000000242.